The van der Waals surface area contributed by atoms with E-state index in [1.54, 1.807) is 0 Å². The van der Waals surface area contributed by atoms with Crippen LogP contribution in [0.5, 0.6) is 0 Å². The van der Waals surface area contributed by atoms with Crippen molar-refractivity contribution in [2.45, 2.75) is 73.1 Å². The van der Waals surface area contributed by atoms with Gasteiger partial charge in [-0.3, -0.25) is 0 Å². The number of fused-ring (bicyclic) bond motifs is 1. The topological polar surface area (TPSA) is 6.48 Å². The number of hydrogen-bond acceptors (Lipinski definition) is 2. The van der Waals surface area contributed by atoms with Crippen molar-refractivity contribution in [1.29, 1.82) is 0 Å². The average Bonchev–Trinajstić information content (AvgIpc) is 3.49. The largest absolute Gasteiger partial charge is 0.338 e. The molecule has 76 heavy (non-hydrogen) atoms. The van der Waals surface area contributed by atoms with Gasteiger partial charge in [0, 0.05) is 35.5 Å². The first-order valence-corrected chi connectivity index (χ1v) is 27.1. The second kappa shape index (κ2) is 29.4. The van der Waals surface area contributed by atoms with Gasteiger partial charge in [0.15, 0.2) is 0 Å². The molecule has 1 aliphatic carbocycles. The van der Waals surface area contributed by atoms with Crippen LogP contribution < -0.4 is 9.80 Å². The molecule has 0 fully saturated rings. The molecule has 0 atom stereocenters. The fourth-order valence-corrected chi connectivity index (χ4v) is 9.52. The normalized spacial score (nSPS) is 18.6. The van der Waals surface area contributed by atoms with Gasteiger partial charge in [-0.15, -0.1) is 0 Å². The molecule has 0 radical (unpaired) electrons. The zero-order valence-electron chi connectivity index (χ0n) is 45.6. The number of allylic oxidation sites excluding steroid dienone is 29. The van der Waals surface area contributed by atoms with Crippen LogP contribution in [0.4, 0.5) is 17.1 Å². The van der Waals surface area contributed by atoms with Crippen molar-refractivity contribution in [2.24, 2.45) is 0 Å². The van der Waals surface area contributed by atoms with Crippen molar-refractivity contribution in [3.8, 4) is 0 Å². The molecule has 2 nitrogen and oxygen atoms in total. The molecular formula is C74H76N2. The summed E-state index contributed by atoms with van der Waals surface area (Å²) in [4.78, 5) is 4.61. The van der Waals surface area contributed by atoms with E-state index in [0.717, 1.165) is 84.5 Å². The van der Waals surface area contributed by atoms with Crippen molar-refractivity contribution in [3.05, 3.63) is 325 Å². The molecule has 0 spiro atoms. The summed E-state index contributed by atoms with van der Waals surface area (Å²) in [5, 5.41) is 2.55. The molecule has 0 saturated carbocycles. The molecule has 7 rings (SSSR count). The highest BCUT2D eigenvalue weighted by atomic mass is 15.1. The maximum atomic E-state index is 4.69. The van der Waals surface area contributed by atoms with E-state index in [1.807, 2.05) is 13.0 Å². The van der Waals surface area contributed by atoms with Gasteiger partial charge in [-0.1, -0.05) is 226 Å². The van der Waals surface area contributed by atoms with Gasteiger partial charge in [-0.25, -0.2) is 0 Å². The Labute approximate surface area is 456 Å². The van der Waals surface area contributed by atoms with E-state index in [0.29, 0.717) is 0 Å². The molecule has 0 unspecified atom stereocenters. The van der Waals surface area contributed by atoms with Crippen molar-refractivity contribution in [1.82, 2.24) is 0 Å². The summed E-state index contributed by atoms with van der Waals surface area (Å²) in [6.07, 6.45) is 56.4. The zero-order valence-corrected chi connectivity index (χ0v) is 45.6. The molecule has 2 heteroatoms. The number of para-hydroxylation sites is 1. The van der Waals surface area contributed by atoms with E-state index in [1.165, 1.54) is 55.3 Å². The highest BCUT2D eigenvalue weighted by Crippen LogP contribution is 2.35. The highest BCUT2D eigenvalue weighted by Gasteiger charge is 2.15. The van der Waals surface area contributed by atoms with Gasteiger partial charge in [0.25, 0.3) is 0 Å². The van der Waals surface area contributed by atoms with Crippen LogP contribution >= 0.6 is 0 Å². The van der Waals surface area contributed by atoms with Gasteiger partial charge in [0.05, 0.1) is 0 Å². The smallest absolute Gasteiger partial charge is 0.0461 e. The predicted molar refractivity (Wildman–Crippen MR) is 336 cm³/mol. The molecule has 382 valence electrons. The molecule has 0 amide bonds. The molecule has 5 aromatic carbocycles. The minimum absolute atomic E-state index is 0.719. The lowest BCUT2D eigenvalue weighted by Crippen LogP contribution is -2.21. The van der Waals surface area contributed by atoms with Crippen LogP contribution in [0.3, 0.4) is 0 Å². The maximum absolute atomic E-state index is 4.69. The van der Waals surface area contributed by atoms with Gasteiger partial charge >= 0.3 is 0 Å². The van der Waals surface area contributed by atoms with Crippen LogP contribution in [0, 0.1) is 0 Å². The molecule has 0 saturated heterocycles. The van der Waals surface area contributed by atoms with Crippen molar-refractivity contribution >= 4 is 44.6 Å². The Morgan fingerprint density at radius 3 is 2.34 bits per heavy atom. The van der Waals surface area contributed by atoms with E-state index in [9.17, 15) is 0 Å². The Morgan fingerprint density at radius 2 is 1.54 bits per heavy atom. The third kappa shape index (κ3) is 15.8. The number of nitrogens with zero attached hydrogens (tertiary/aromatic N) is 2. The number of hydrogen-bond donors (Lipinski definition) is 0. The molecule has 2 aliphatic rings. The lowest BCUT2D eigenvalue weighted by atomic mass is 9.95. The lowest BCUT2D eigenvalue weighted by molar-refractivity contribution is 0.843. The van der Waals surface area contributed by atoms with Crippen LogP contribution in [-0.4, -0.2) is 6.54 Å². The van der Waals surface area contributed by atoms with E-state index < -0.39 is 0 Å². The number of benzene rings is 5. The SMILES string of the molecule is C=C1/C=C\C=C/CC(C(/C=C\CC(/C=C\C)=C/C=C/N(c2ccc(/C(C)=C/C=C(\CC)c3cccc4ccccc34)cc2)c2cccc(/C3=C/C=C\CN(c4ccccc4)C(/C=C\C=C/C)=C\C3=C)c2)=C/C)=CCCC1. The van der Waals surface area contributed by atoms with Gasteiger partial charge < -0.3 is 9.80 Å². The second-order valence-electron chi connectivity index (χ2n) is 19.0. The summed E-state index contributed by atoms with van der Waals surface area (Å²) in [5.41, 5.74) is 17.4. The Hall–Kier alpha value is -8.46. The third-order valence-electron chi connectivity index (χ3n) is 13.7. The molecule has 1 heterocycles. The van der Waals surface area contributed by atoms with Crippen LogP contribution in [0.2, 0.25) is 0 Å². The van der Waals surface area contributed by atoms with E-state index in [2.05, 4.69) is 306 Å². The lowest BCUT2D eigenvalue weighted by Gasteiger charge is -2.25. The number of rotatable bonds is 17. The fraction of sp³-hybridized carbons (Fsp3) is 0.162. The van der Waals surface area contributed by atoms with Crippen LogP contribution in [0.1, 0.15) is 89.8 Å². The average molecular weight is 993 g/mol. The summed E-state index contributed by atoms with van der Waals surface area (Å²) >= 11 is 0. The van der Waals surface area contributed by atoms with E-state index in [4.69, 9.17) is 0 Å². The fourth-order valence-electron chi connectivity index (χ4n) is 9.52. The molecule has 0 aromatic heterocycles. The van der Waals surface area contributed by atoms with Gasteiger partial charge in [-0.2, -0.15) is 0 Å². The van der Waals surface area contributed by atoms with E-state index in [-0.39, 0.29) is 0 Å². The Kier molecular flexibility index (Phi) is 21.4. The first-order valence-electron chi connectivity index (χ1n) is 27.1. The zero-order chi connectivity index (χ0) is 53.3. The minimum Gasteiger partial charge on any atom is -0.338 e. The number of anilines is 3. The minimum atomic E-state index is 0.719. The predicted octanol–water partition coefficient (Wildman–Crippen LogP) is 21.0. The van der Waals surface area contributed by atoms with Crippen LogP contribution in [-0.2, 0) is 0 Å². The standard InChI is InChI=1S/C74H76N2/c1-8-12-15-43-70-56-60(7)72(45-24-25-54-75(70)68-41-18-14-19-42-68)67-40-27-44-71(57-67)76(55-29-34-61(30-9-2)33-26-38-62(10-3)65-35-17-13-16-31-58(5)32-20-21-36-65)69-52-50-64(51-53-69)59(6)48-49-63(11-4)73-47-28-39-66-37-22-23-46-74(66)73/h8-10,12-19,22-31,34,36-53,55-57H,5,7,11,20-21,32-33,35,54H2,1-4,6H3/b12-8-,17-13-,25-24-,30-9-,31-16-,38-26-,43-15-,55-29+,59-48+,61-34+,62-10+,63-49+,65-36?,70-56-,72-45+. The van der Waals surface area contributed by atoms with Crippen molar-refractivity contribution in [3.63, 3.8) is 0 Å². The van der Waals surface area contributed by atoms with Crippen molar-refractivity contribution < 1.29 is 0 Å². The first kappa shape index (κ1) is 55.3. The molecular weight excluding hydrogens is 917 g/mol. The highest BCUT2D eigenvalue weighted by molar-refractivity contribution is 5.94. The molecule has 0 bridgehead atoms. The monoisotopic (exact) mass is 993 g/mol. The Morgan fingerprint density at radius 1 is 0.737 bits per heavy atom. The van der Waals surface area contributed by atoms with Crippen molar-refractivity contribution in [2.75, 3.05) is 16.3 Å². The quantitative estimate of drug-likeness (QED) is 0.0857. The molecule has 1 aliphatic heterocycles. The third-order valence-corrected chi connectivity index (χ3v) is 13.7. The summed E-state index contributed by atoms with van der Waals surface area (Å²) < 4.78 is 0. The van der Waals surface area contributed by atoms with E-state index >= 15 is 0 Å². The second-order valence-corrected chi connectivity index (χ2v) is 19.0. The summed E-state index contributed by atoms with van der Waals surface area (Å²) in [6, 6.07) is 43.6. The summed E-state index contributed by atoms with van der Waals surface area (Å²) in [5.74, 6) is 0. The Bertz CT molecular complexity index is 3270. The molecule has 5 aromatic rings. The van der Waals surface area contributed by atoms with Gasteiger partial charge in [0.1, 0.15) is 0 Å². The molecule has 0 N–H and O–H groups in total. The first-order chi connectivity index (χ1) is 37.3. The van der Waals surface area contributed by atoms with Crippen LogP contribution in [0.15, 0.2) is 308 Å². The Balaban J connectivity index is 1.22. The maximum Gasteiger partial charge on any atom is 0.0461 e. The van der Waals surface area contributed by atoms with Gasteiger partial charge in [-0.05, 0) is 187 Å². The summed E-state index contributed by atoms with van der Waals surface area (Å²) in [7, 11) is 0. The van der Waals surface area contributed by atoms with Crippen LogP contribution in [0.25, 0.3) is 27.5 Å². The van der Waals surface area contributed by atoms with Gasteiger partial charge in [0.2, 0.25) is 0 Å². The summed E-state index contributed by atoms with van der Waals surface area (Å²) in [6.45, 7) is 20.3.